The maximum atomic E-state index is 12.2. The number of hydrogen-bond donors (Lipinski definition) is 1. The predicted octanol–water partition coefficient (Wildman–Crippen LogP) is 1.06. The van der Waals surface area contributed by atoms with Gasteiger partial charge in [0.2, 0.25) is 5.91 Å². The highest BCUT2D eigenvalue weighted by atomic mass is 16.4. The van der Waals surface area contributed by atoms with Crippen molar-refractivity contribution in [1.29, 1.82) is 0 Å². The number of para-hydroxylation sites is 1. The van der Waals surface area contributed by atoms with Crippen molar-refractivity contribution in [3.63, 3.8) is 0 Å². The highest BCUT2D eigenvalue weighted by molar-refractivity contribution is 5.89. The fourth-order valence-electron chi connectivity index (χ4n) is 2.80. The number of hydrogen-bond acceptors (Lipinski definition) is 3. The molecule has 5 heteroatoms. The maximum absolute atomic E-state index is 12.2. The number of carbonyl (C=O) groups excluding carboxylic acids is 1. The molecule has 1 saturated carbocycles. The Morgan fingerprint density at radius 1 is 1.00 bits per heavy atom. The number of piperazine rings is 1. The Morgan fingerprint density at radius 3 is 2.20 bits per heavy atom. The molecule has 1 aliphatic heterocycles. The molecule has 0 radical (unpaired) electrons. The molecule has 0 spiro atoms. The molecule has 2 atom stereocenters. The van der Waals surface area contributed by atoms with Crippen molar-refractivity contribution in [2.75, 3.05) is 31.1 Å². The van der Waals surface area contributed by atoms with Crippen LogP contribution < -0.4 is 4.90 Å². The Morgan fingerprint density at radius 2 is 1.65 bits per heavy atom. The van der Waals surface area contributed by atoms with Crippen LogP contribution in [0.25, 0.3) is 0 Å². The third-order valence-corrected chi connectivity index (χ3v) is 4.14. The standard InChI is InChI=1S/C15H18N2O3/c18-14(12-10-13(12)15(19)20)17-8-6-16(7-9-17)11-4-2-1-3-5-11/h1-5,12-13H,6-10H2,(H,19,20)/t12-,13+/m1/s1. The first-order valence-electron chi connectivity index (χ1n) is 6.98. The fraction of sp³-hybridized carbons (Fsp3) is 0.467. The lowest BCUT2D eigenvalue weighted by Gasteiger charge is -2.36. The lowest BCUT2D eigenvalue weighted by Crippen LogP contribution is -2.49. The van der Waals surface area contributed by atoms with Crippen molar-refractivity contribution in [3.05, 3.63) is 30.3 Å². The Labute approximate surface area is 117 Å². The lowest BCUT2D eigenvalue weighted by atomic mass is 10.2. The van der Waals surface area contributed by atoms with E-state index in [0.717, 1.165) is 13.1 Å². The van der Waals surface area contributed by atoms with E-state index in [2.05, 4.69) is 17.0 Å². The second kappa shape index (κ2) is 5.15. The van der Waals surface area contributed by atoms with Crippen LogP contribution in [-0.4, -0.2) is 48.1 Å². The van der Waals surface area contributed by atoms with Crippen LogP contribution in [0.3, 0.4) is 0 Å². The molecule has 2 aliphatic rings. The third-order valence-electron chi connectivity index (χ3n) is 4.14. The summed E-state index contributed by atoms with van der Waals surface area (Å²) in [6.45, 7) is 2.97. The van der Waals surface area contributed by atoms with E-state index in [0.29, 0.717) is 19.5 Å². The van der Waals surface area contributed by atoms with Crippen LogP contribution in [0, 0.1) is 11.8 Å². The minimum absolute atomic E-state index is 0.0186. The zero-order valence-corrected chi connectivity index (χ0v) is 11.2. The topological polar surface area (TPSA) is 60.9 Å². The average Bonchev–Trinajstić information content (AvgIpc) is 3.28. The van der Waals surface area contributed by atoms with E-state index in [-0.39, 0.29) is 11.8 Å². The molecule has 2 fully saturated rings. The summed E-state index contributed by atoms with van der Waals surface area (Å²) in [6, 6.07) is 10.1. The fourth-order valence-corrected chi connectivity index (χ4v) is 2.80. The Hall–Kier alpha value is -2.04. The molecule has 3 rings (SSSR count). The monoisotopic (exact) mass is 274 g/mol. The lowest BCUT2D eigenvalue weighted by molar-refractivity contribution is -0.142. The number of carbonyl (C=O) groups is 2. The summed E-state index contributed by atoms with van der Waals surface area (Å²) in [5, 5.41) is 8.88. The summed E-state index contributed by atoms with van der Waals surface area (Å²) >= 11 is 0. The van der Waals surface area contributed by atoms with E-state index in [1.165, 1.54) is 5.69 Å². The number of nitrogens with zero attached hydrogens (tertiary/aromatic N) is 2. The van der Waals surface area contributed by atoms with E-state index >= 15 is 0 Å². The molecular formula is C15H18N2O3. The number of aliphatic carboxylic acids is 1. The molecule has 0 aromatic heterocycles. The highest BCUT2D eigenvalue weighted by Gasteiger charge is 2.49. The second-order valence-electron chi connectivity index (χ2n) is 5.43. The van der Waals surface area contributed by atoms with Crippen molar-refractivity contribution in [2.24, 2.45) is 11.8 Å². The minimum Gasteiger partial charge on any atom is -0.481 e. The largest absolute Gasteiger partial charge is 0.481 e. The van der Waals surface area contributed by atoms with Crippen molar-refractivity contribution in [1.82, 2.24) is 4.90 Å². The molecule has 1 aromatic carbocycles. The number of rotatable bonds is 3. The highest BCUT2D eigenvalue weighted by Crippen LogP contribution is 2.40. The number of carboxylic acid groups (broad SMARTS) is 1. The van der Waals surface area contributed by atoms with Crippen LogP contribution in [0.15, 0.2) is 30.3 Å². The van der Waals surface area contributed by atoms with Crippen LogP contribution in [0.5, 0.6) is 0 Å². The van der Waals surface area contributed by atoms with Crippen LogP contribution in [-0.2, 0) is 9.59 Å². The van der Waals surface area contributed by atoms with Gasteiger partial charge in [-0.2, -0.15) is 0 Å². The molecule has 1 heterocycles. The van der Waals surface area contributed by atoms with Crippen LogP contribution in [0.1, 0.15) is 6.42 Å². The van der Waals surface area contributed by atoms with Crippen molar-refractivity contribution >= 4 is 17.6 Å². The van der Waals surface area contributed by atoms with Crippen molar-refractivity contribution < 1.29 is 14.7 Å². The molecule has 0 bridgehead atoms. The SMILES string of the molecule is O=C(O)[C@H]1C[C@H]1C(=O)N1CCN(c2ccccc2)CC1. The van der Waals surface area contributed by atoms with E-state index in [9.17, 15) is 9.59 Å². The summed E-state index contributed by atoms with van der Waals surface area (Å²) in [6.07, 6.45) is 0.507. The molecule has 1 amide bonds. The first-order chi connectivity index (χ1) is 9.66. The first kappa shape index (κ1) is 13.0. The Kier molecular flexibility index (Phi) is 3.34. The summed E-state index contributed by atoms with van der Waals surface area (Å²) in [7, 11) is 0. The van der Waals surface area contributed by atoms with Gasteiger partial charge in [-0.15, -0.1) is 0 Å². The average molecular weight is 274 g/mol. The molecule has 1 N–H and O–H groups in total. The summed E-state index contributed by atoms with van der Waals surface area (Å²) in [5.74, 6) is -1.55. The number of benzene rings is 1. The van der Waals surface area contributed by atoms with E-state index < -0.39 is 11.9 Å². The van der Waals surface area contributed by atoms with Gasteiger partial charge < -0.3 is 14.9 Å². The predicted molar refractivity (Wildman–Crippen MR) is 74.5 cm³/mol. The van der Waals surface area contributed by atoms with Gasteiger partial charge in [0.25, 0.3) is 0 Å². The number of anilines is 1. The van der Waals surface area contributed by atoms with Crippen LogP contribution in [0.4, 0.5) is 5.69 Å². The zero-order chi connectivity index (χ0) is 14.1. The molecule has 0 unspecified atom stereocenters. The van der Waals surface area contributed by atoms with Crippen molar-refractivity contribution in [3.8, 4) is 0 Å². The van der Waals surface area contributed by atoms with Crippen molar-refractivity contribution in [2.45, 2.75) is 6.42 Å². The van der Waals surface area contributed by atoms with Crippen LogP contribution >= 0.6 is 0 Å². The van der Waals surface area contributed by atoms with Gasteiger partial charge in [-0.25, -0.2) is 0 Å². The molecule has 5 nitrogen and oxygen atoms in total. The molecule has 20 heavy (non-hydrogen) atoms. The Balaban J connectivity index is 1.54. The molecule has 1 saturated heterocycles. The van der Waals surface area contributed by atoms with Gasteiger partial charge in [0, 0.05) is 31.9 Å². The molecule has 1 aliphatic carbocycles. The number of amides is 1. The van der Waals surface area contributed by atoms with E-state index in [4.69, 9.17) is 5.11 Å². The maximum Gasteiger partial charge on any atom is 0.307 e. The van der Waals surface area contributed by atoms with Crippen LogP contribution in [0.2, 0.25) is 0 Å². The summed E-state index contributed by atoms with van der Waals surface area (Å²) < 4.78 is 0. The van der Waals surface area contributed by atoms with Gasteiger partial charge in [0.1, 0.15) is 0 Å². The first-order valence-corrected chi connectivity index (χ1v) is 6.98. The van der Waals surface area contributed by atoms with Gasteiger partial charge in [-0.05, 0) is 18.6 Å². The quantitative estimate of drug-likeness (QED) is 0.895. The second-order valence-corrected chi connectivity index (χ2v) is 5.43. The minimum atomic E-state index is -0.841. The molecule has 106 valence electrons. The van der Waals surface area contributed by atoms with E-state index in [1.54, 1.807) is 0 Å². The zero-order valence-electron chi connectivity index (χ0n) is 11.2. The number of carboxylic acids is 1. The smallest absolute Gasteiger partial charge is 0.307 e. The van der Waals surface area contributed by atoms with Gasteiger partial charge >= 0.3 is 5.97 Å². The van der Waals surface area contributed by atoms with Gasteiger partial charge in [-0.3, -0.25) is 9.59 Å². The summed E-state index contributed by atoms with van der Waals surface area (Å²) in [4.78, 5) is 27.0. The van der Waals surface area contributed by atoms with Gasteiger partial charge in [-0.1, -0.05) is 18.2 Å². The van der Waals surface area contributed by atoms with Gasteiger partial charge in [0.15, 0.2) is 0 Å². The normalized spacial score (nSPS) is 25.4. The third kappa shape index (κ3) is 2.48. The van der Waals surface area contributed by atoms with E-state index in [1.807, 2.05) is 23.1 Å². The Bertz CT molecular complexity index is 509. The summed E-state index contributed by atoms with van der Waals surface area (Å²) in [5.41, 5.74) is 1.18. The molecule has 1 aromatic rings. The van der Waals surface area contributed by atoms with Gasteiger partial charge in [0.05, 0.1) is 11.8 Å². The molecular weight excluding hydrogens is 256 g/mol.